The topological polar surface area (TPSA) is 81.8 Å². The van der Waals surface area contributed by atoms with Crippen molar-refractivity contribution in [3.63, 3.8) is 0 Å². The molecule has 2 aromatic carbocycles. The SMILES string of the molecule is COc1cccc(C(O)COc2cccc([N+](=O)[O-])c2)c1. The van der Waals surface area contributed by atoms with Crippen molar-refractivity contribution in [3.05, 3.63) is 64.2 Å². The summed E-state index contributed by atoms with van der Waals surface area (Å²) in [7, 11) is 1.55. The molecule has 0 aliphatic rings. The van der Waals surface area contributed by atoms with Gasteiger partial charge in [0.25, 0.3) is 5.69 Å². The van der Waals surface area contributed by atoms with E-state index >= 15 is 0 Å². The van der Waals surface area contributed by atoms with Gasteiger partial charge in [-0.2, -0.15) is 0 Å². The third kappa shape index (κ3) is 3.93. The Kier molecular flexibility index (Phi) is 4.73. The van der Waals surface area contributed by atoms with Crippen LogP contribution < -0.4 is 9.47 Å². The highest BCUT2D eigenvalue weighted by Gasteiger charge is 2.11. The lowest BCUT2D eigenvalue weighted by molar-refractivity contribution is -0.384. The van der Waals surface area contributed by atoms with Crippen LogP contribution in [-0.4, -0.2) is 23.7 Å². The fraction of sp³-hybridized carbons (Fsp3) is 0.200. The van der Waals surface area contributed by atoms with E-state index in [4.69, 9.17) is 9.47 Å². The second-order valence-electron chi connectivity index (χ2n) is 4.36. The highest BCUT2D eigenvalue weighted by atomic mass is 16.6. The Labute approximate surface area is 121 Å². The zero-order valence-corrected chi connectivity index (χ0v) is 11.4. The number of aliphatic hydroxyl groups excluding tert-OH is 1. The highest BCUT2D eigenvalue weighted by molar-refractivity contribution is 5.38. The Morgan fingerprint density at radius 2 is 1.90 bits per heavy atom. The first-order chi connectivity index (χ1) is 10.1. The number of benzene rings is 2. The predicted molar refractivity (Wildman–Crippen MR) is 76.5 cm³/mol. The molecule has 2 aromatic rings. The Bertz CT molecular complexity index is 629. The van der Waals surface area contributed by atoms with Gasteiger partial charge >= 0.3 is 0 Å². The maximum absolute atomic E-state index is 10.7. The molecule has 1 unspecified atom stereocenters. The normalized spacial score (nSPS) is 11.7. The van der Waals surface area contributed by atoms with Gasteiger partial charge in [-0.05, 0) is 23.8 Å². The summed E-state index contributed by atoms with van der Waals surface area (Å²) in [5.41, 5.74) is 0.600. The molecule has 0 amide bonds. The predicted octanol–water partition coefficient (Wildman–Crippen LogP) is 2.72. The Hall–Kier alpha value is -2.60. The number of rotatable bonds is 6. The molecule has 2 rings (SSSR count). The number of ether oxygens (including phenoxy) is 2. The van der Waals surface area contributed by atoms with E-state index in [-0.39, 0.29) is 12.3 Å². The van der Waals surface area contributed by atoms with E-state index in [1.165, 1.54) is 18.2 Å². The van der Waals surface area contributed by atoms with Crippen LogP contribution in [0.2, 0.25) is 0 Å². The summed E-state index contributed by atoms with van der Waals surface area (Å²) in [6.45, 7) is -0.00562. The summed E-state index contributed by atoms with van der Waals surface area (Å²) in [5, 5.41) is 20.7. The quantitative estimate of drug-likeness (QED) is 0.653. The smallest absolute Gasteiger partial charge is 0.273 e. The first kappa shape index (κ1) is 14.8. The lowest BCUT2D eigenvalue weighted by atomic mass is 10.1. The Morgan fingerprint density at radius 3 is 2.62 bits per heavy atom. The van der Waals surface area contributed by atoms with Gasteiger partial charge in [-0.15, -0.1) is 0 Å². The lowest BCUT2D eigenvalue weighted by Crippen LogP contribution is -2.09. The molecule has 21 heavy (non-hydrogen) atoms. The van der Waals surface area contributed by atoms with Gasteiger partial charge < -0.3 is 14.6 Å². The Morgan fingerprint density at radius 1 is 1.19 bits per heavy atom. The van der Waals surface area contributed by atoms with Crippen molar-refractivity contribution in [2.24, 2.45) is 0 Å². The third-order valence-electron chi connectivity index (χ3n) is 2.91. The van der Waals surface area contributed by atoms with Crippen molar-refractivity contribution < 1.29 is 19.5 Å². The largest absolute Gasteiger partial charge is 0.497 e. The average molecular weight is 289 g/mol. The van der Waals surface area contributed by atoms with Gasteiger partial charge in [0.05, 0.1) is 18.1 Å². The van der Waals surface area contributed by atoms with Crippen molar-refractivity contribution in [2.45, 2.75) is 6.10 Å². The zero-order chi connectivity index (χ0) is 15.2. The van der Waals surface area contributed by atoms with Crippen LogP contribution in [0.3, 0.4) is 0 Å². The number of hydrogen-bond acceptors (Lipinski definition) is 5. The monoisotopic (exact) mass is 289 g/mol. The van der Waals surface area contributed by atoms with Crippen molar-refractivity contribution >= 4 is 5.69 Å². The number of methoxy groups -OCH3 is 1. The van der Waals surface area contributed by atoms with Gasteiger partial charge in [-0.3, -0.25) is 10.1 Å². The van der Waals surface area contributed by atoms with Crippen molar-refractivity contribution in [3.8, 4) is 11.5 Å². The fourth-order valence-electron chi connectivity index (χ4n) is 1.81. The van der Waals surface area contributed by atoms with Gasteiger partial charge in [0.15, 0.2) is 0 Å². The summed E-state index contributed by atoms with van der Waals surface area (Å²) >= 11 is 0. The molecule has 110 valence electrons. The van der Waals surface area contributed by atoms with Crippen LogP contribution in [0.5, 0.6) is 11.5 Å². The van der Waals surface area contributed by atoms with Gasteiger partial charge in [-0.25, -0.2) is 0 Å². The van der Waals surface area contributed by atoms with Crippen LogP contribution in [0.25, 0.3) is 0 Å². The molecule has 0 aliphatic carbocycles. The first-order valence-corrected chi connectivity index (χ1v) is 6.29. The van der Waals surface area contributed by atoms with Crippen molar-refractivity contribution in [1.82, 2.24) is 0 Å². The minimum absolute atomic E-state index is 0.00562. The minimum atomic E-state index is -0.848. The third-order valence-corrected chi connectivity index (χ3v) is 2.91. The van der Waals surface area contributed by atoms with E-state index in [1.54, 1.807) is 37.4 Å². The number of nitro groups is 1. The molecule has 0 aliphatic heterocycles. The number of nitro benzene ring substituents is 1. The molecule has 0 heterocycles. The molecule has 1 N–H and O–H groups in total. The van der Waals surface area contributed by atoms with E-state index in [1.807, 2.05) is 0 Å². The van der Waals surface area contributed by atoms with Gasteiger partial charge in [0.2, 0.25) is 0 Å². The molecule has 0 saturated carbocycles. The number of non-ortho nitro benzene ring substituents is 1. The molecule has 6 nitrogen and oxygen atoms in total. The van der Waals surface area contributed by atoms with E-state index in [2.05, 4.69) is 0 Å². The van der Waals surface area contributed by atoms with Gasteiger partial charge in [0, 0.05) is 6.07 Å². The molecular formula is C15H15NO5. The molecule has 1 atom stereocenters. The molecule has 0 aromatic heterocycles. The van der Waals surface area contributed by atoms with Gasteiger partial charge in [-0.1, -0.05) is 18.2 Å². The second kappa shape index (κ2) is 6.71. The fourth-order valence-corrected chi connectivity index (χ4v) is 1.81. The maximum Gasteiger partial charge on any atom is 0.273 e. The van der Waals surface area contributed by atoms with Crippen molar-refractivity contribution in [1.29, 1.82) is 0 Å². The molecule has 0 saturated heterocycles. The minimum Gasteiger partial charge on any atom is -0.497 e. The van der Waals surface area contributed by atoms with Crippen LogP contribution >= 0.6 is 0 Å². The van der Waals surface area contributed by atoms with Crippen LogP contribution in [-0.2, 0) is 0 Å². The molecule has 0 bridgehead atoms. The molecule has 0 radical (unpaired) electrons. The van der Waals surface area contributed by atoms with E-state index in [9.17, 15) is 15.2 Å². The standard InChI is InChI=1S/C15H15NO5/c1-20-13-6-2-4-11(8-13)15(17)10-21-14-7-3-5-12(9-14)16(18)19/h2-9,15,17H,10H2,1H3. The van der Waals surface area contributed by atoms with E-state index < -0.39 is 11.0 Å². The zero-order valence-electron chi connectivity index (χ0n) is 11.4. The molecular weight excluding hydrogens is 274 g/mol. The Balaban J connectivity index is 2.01. The molecule has 0 spiro atoms. The van der Waals surface area contributed by atoms with E-state index in [0.717, 1.165) is 0 Å². The number of nitrogens with zero attached hydrogens (tertiary/aromatic N) is 1. The molecule has 0 fully saturated rings. The molecule has 6 heteroatoms. The maximum atomic E-state index is 10.7. The number of aliphatic hydroxyl groups is 1. The van der Waals surface area contributed by atoms with Crippen molar-refractivity contribution in [2.75, 3.05) is 13.7 Å². The number of hydrogen-bond donors (Lipinski definition) is 1. The summed E-state index contributed by atoms with van der Waals surface area (Å²) in [4.78, 5) is 10.2. The summed E-state index contributed by atoms with van der Waals surface area (Å²) in [5.74, 6) is 0.980. The lowest BCUT2D eigenvalue weighted by Gasteiger charge is -2.13. The van der Waals surface area contributed by atoms with Crippen LogP contribution in [0.15, 0.2) is 48.5 Å². The van der Waals surface area contributed by atoms with Crippen LogP contribution in [0, 0.1) is 10.1 Å². The summed E-state index contributed by atoms with van der Waals surface area (Å²) < 4.78 is 10.5. The second-order valence-corrected chi connectivity index (χ2v) is 4.36. The highest BCUT2D eigenvalue weighted by Crippen LogP contribution is 2.22. The van der Waals surface area contributed by atoms with Crippen LogP contribution in [0.4, 0.5) is 5.69 Å². The van der Waals surface area contributed by atoms with Gasteiger partial charge in [0.1, 0.15) is 24.2 Å². The summed E-state index contributed by atoms with van der Waals surface area (Å²) in [6.07, 6.45) is -0.848. The average Bonchev–Trinajstić information content (AvgIpc) is 2.53. The first-order valence-electron chi connectivity index (χ1n) is 6.29. The summed E-state index contributed by atoms with van der Waals surface area (Å²) in [6, 6.07) is 12.8. The van der Waals surface area contributed by atoms with E-state index in [0.29, 0.717) is 17.1 Å². The van der Waals surface area contributed by atoms with Crippen LogP contribution in [0.1, 0.15) is 11.7 Å².